The van der Waals surface area contributed by atoms with Crippen LogP contribution in [0.4, 0.5) is 11.4 Å². The number of anilines is 1. The predicted octanol–water partition coefficient (Wildman–Crippen LogP) is 2.83. The van der Waals surface area contributed by atoms with Crippen LogP contribution in [0.25, 0.3) is 0 Å². The standard InChI is InChI=1S/C19H19N5O3S/c1-23(2)15-8-6-13(7-9-15)12-20-22-19-21-18(25)17(28-19)11-14-4-3-5-16(10-14)24(26)27/h3-10,12,17H,11H2,1-2H3,(H,21,22,25)/b20-12+/t17-/m1/s1. The molecule has 8 nitrogen and oxygen atoms in total. The smallest absolute Gasteiger partial charge is 0.269 e. The number of nitrogens with zero attached hydrogens (tertiary/aromatic N) is 4. The van der Waals surface area contributed by atoms with E-state index in [1.165, 1.54) is 23.9 Å². The van der Waals surface area contributed by atoms with Crippen molar-refractivity contribution in [2.75, 3.05) is 19.0 Å². The molecule has 0 aromatic heterocycles. The topological polar surface area (TPSA) is 100 Å². The molecule has 1 saturated heterocycles. The van der Waals surface area contributed by atoms with E-state index in [1.54, 1.807) is 18.3 Å². The van der Waals surface area contributed by atoms with Gasteiger partial charge in [0.25, 0.3) is 5.69 Å². The zero-order valence-corrected chi connectivity index (χ0v) is 16.2. The Morgan fingerprint density at radius 1 is 1.25 bits per heavy atom. The maximum Gasteiger partial charge on any atom is 0.269 e. The Balaban J connectivity index is 1.62. The number of nitro groups is 1. The Hall–Kier alpha value is -3.20. The van der Waals surface area contributed by atoms with Crippen LogP contribution in [0.2, 0.25) is 0 Å². The highest BCUT2D eigenvalue weighted by Crippen LogP contribution is 2.25. The molecule has 1 fully saturated rings. The zero-order valence-electron chi connectivity index (χ0n) is 15.4. The zero-order chi connectivity index (χ0) is 20.1. The lowest BCUT2D eigenvalue weighted by Gasteiger charge is -2.11. The number of nitro benzene ring substituents is 1. The van der Waals surface area contributed by atoms with Crippen molar-refractivity contribution < 1.29 is 9.72 Å². The van der Waals surface area contributed by atoms with Gasteiger partial charge < -0.3 is 10.2 Å². The molecule has 1 aliphatic rings. The normalized spacial score (nSPS) is 17.9. The number of hydrogen-bond acceptors (Lipinski definition) is 7. The summed E-state index contributed by atoms with van der Waals surface area (Å²) in [7, 11) is 3.94. The van der Waals surface area contributed by atoms with Crippen LogP contribution in [0.3, 0.4) is 0 Å². The molecule has 2 aromatic carbocycles. The molecule has 1 heterocycles. The van der Waals surface area contributed by atoms with Gasteiger partial charge in [-0.1, -0.05) is 36.0 Å². The quantitative estimate of drug-likeness (QED) is 0.459. The van der Waals surface area contributed by atoms with Gasteiger partial charge >= 0.3 is 0 Å². The number of carbonyl (C=O) groups is 1. The lowest BCUT2D eigenvalue weighted by atomic mass is 10.1. The van der Waals surface area contributed by atoms with Crippen molar-refractivity contribution >= 4 is 40.4 Å². The van der Waals surface area contributed by atoms with Crippen molar-refractivity contribution in [1.29, 1.82) is 0 Å². The lowest BCUT2D eigenvalue weighted by molar-refractivity contribution is -0.384. The summed E-state index contributed by atoms with van der Waals surface area (Å²) in [5, 5.41) is 21.7. The van der Waals surface area contributed by atoms with E-state index in [4.69, 9.17) is 0 Å². The Labute approximate surface area is 166 Å². The summed E-state index contributed by atoms with van der Waals surface area (Å²) < 4.78 is 0. The minimum absolute atomic E-state index is 0.0136. The number of amides is 1. The van der Waals surface area contributed by atoms with E-state index in [-0.39, 0.29) is 11.6 Å². The fourth-order valence-corrected chi connectivity index (χ4v) is 3.57. The van der Waals surface area contributed by atoms with Crippen LogP contribution in [-0.2, 0) is 11.2 Å². The lowest BCUT2D eigenvalue weighted by Crippen LogP contribution is -2.25. The number of non-ortho nitro benzene ring substituents is 1. The van der Waals surface area contributed by atoms with Gasteiger partial charge in [-0.3, -0.25) is 14.9 Å². The molecule has 2 aromatic rings. The van der Waals surface area contributed by atoms with Gasteiger partial charge in [-0.05, 0) is 29.7 Å². The molecule has 0 aliphatic carbocycles. The molecule has 0 spiro atoms. The minimum atomic E-state index is -0.446. The molecule has 0 saturated carbocycles. The second-order valence-electron chi connectivity index (χ2n) is 6.36. The Bertz CT molecular complexity index is 941. The van der Waals surface area contributed by atoms with Crippen LogP contribution in [0.5, 0.6) is 0 Å². The van der Waals surface area contributed by atoms with Crippen molar-refractivity contribution in [1.82, 2.24) is 5.32 Å². The first kappa shape index (κ1) is 19.6. The second kappa shape index (κ2) is 8.66. The fourth-order valence-electron chi connectivity index (χ4n) is 2.60. The first-order valence-electron chi connectivity index (χ1n) is 8.51. The third kappa shape index (κ3) is 4.95. The van der Waals surface area contributed by atoms with Crippen LogP contribution >= 0.6 is 11.8 Å². The van der Waals surface area contributed by atoms with E-state index in [2.05, 4.69) is 15.5 Å². The number of carbonyl (C=O) groups excluding carboxylic acids is 1. The summed E-state index contributed by atoms with van der Waals surface area (Å²) in [4.78, 5) is 24.6. The van der Waals surface area contributed by atoms with E-state index < -0.39 is 10.2 Å². The Morgan fingerprint density at radius 3 is 2.68 bits per heavy atom. The van der Waals surface area contributed by atoms with Crippen molar-refractivity contribution in [3.05, 3.63) is 69.8 Å². The third-order valence-corrected chi connectivity index (χ3v) is 5.16. The monoisotopic (exact) mass is 397 g/mol. The number of nitrogens with one attached hydrogen (secondary N) is 1. The van der Waals surface area contributed by atoms with E-state index in [1.807, 2.05) is 43.3 Å². The molecule has 144 valence electrons. The summed E-state index contributed by atoms with van der Waals surface area (Å²) in [6, 6.07) is 14.1. The van der Waals surface area contributed by atoms with Gasteiger partial charge in [-0.15, -0.1) is 5.10 Å². The highest BCUT2D eigenvalue weighted by Gasteiger charge is 2.30. The van der Waals surface area contributed by atoms with Crippen molar-refractivity contribution in [3.8, 4) is 0 Å². The molecule has 0 bridgehead atoms. The number of benzene rings is 2. The number of thioether (sulfide) groups is 1. The van der Waals surface area contributed by atoms with Gasteiger partial charge in [-0.25, -0.2) is 0 Å². The van der Waals surface area contributed by atoms with Gasteiger partial charge in [0, 0.05) is 31.9 Å². The average Bonchev–Trinajstić information content (AvgIpc) is 3.01. The molecule has 28 heavy (non-hydrogen) atoms. The van der Waals surface area contributed by atoms with Crippen LogP contribution < -0.4 is 10.2 Å². The summed E-state index contributed by atoms with van der Waals surface area (Å²) in [6.07, 6.45) is 2.00. The van der Waals surface area contributed by atoms with Crippen molar-refractivity contribution in [2.24, 2.45) is 10.2 Å². The van der Waals surface area contributed by atoms with E-state index >= 15 is 0 Å². The molecule has 9 heteroatoms. The average molecular weight is 397 g/mol. The molecular weight excluding hydrogens is 378 g/mol. The number of hydrogen-bond donors (Lipinski definition) is 1. The first-order chi connectivity index (χ1) is 13.4. The molecule has 1 aliphatic heterocycles. The van der Waals surface area contributed by atoms with Crippen LogP contribution in [0.1, 0.15) is 11.1 Å². The van der Waals surface area contributed by atoms with Gasteiger partial charge in [0.1, 0.15) is 0 Å². The maximum atomic E-state index is 12.1. The molecule has 3 rings (SSSR count). The number of rotatable bonds is 6. The molecule has 0 radical (unpaired) electrons. The summed E-state index contributed by atoms with van der Waals surface area (Å²) in [5.74, 6) is -0.180. The molecule has 1 N–H and O–H groups in total. The van der Waals surface area contributed by atoms with Crippen LogP contribution in [-0.4, -0.2) is 41.6 Å². The highest BCUT2D eigenvalue weighted by atomic mass is 32.2. The van der Waals surface area contributed by atoms with Crippen molar-refractivity contribution in [2.45, 2.75) is 11.7 Å². The summed E-state index contributed by atoms with van der Waals surface area (Å²) in [6.45, 7) is 0. The highest BCUT2D eigenvalue weighted by molar-refractivity contribution is 8.15. The van der Waals surface area contributed by atoms with Crippen molar-refractivity contribution in [3.63, 3.8) is 0 Å². The van der Waals surface area contributed by atoms with Gasteiger partial charge in [0.05, 0.1) is 16.4 Å². The van der Waals surface area contributed by atoms with Gasteiger partial charge in [0.15, 0.2) is 5.17 Å². The molecule has 0 unspecified atom stereocenters. The molecule has 1 amide bonds. The van der Waals surface area contributed by atoms with E-state index in [9.17, 15) is 14.9 Å². The predicted molar refractivity (Wildman–Crippen MR) is 112 cm³/mol. The summed E-state index contributed by atoms with van der Waals surface area (Å²) >= 11 is 1.27. The van der Waals surface area contributed by atoms with Crippen LogP contribution in [0, 0.1) is 10.1 Å². The maximum absolute atomic E-state index is 12.1. The SMILES string of the molecule is CN(C)c1ccc(/C=N/N=C2\NC(=O)[C@@H](Cc3cccc([N+](=O)[O-])c3)S2)cc1. The van der Waals surface area contributed by atoms with E-state index in [0.717, 1.165) is 16.8 Å². The third-order valence-electron chi connectivity index (χ3n) is 4.08. The van der Waals surface area contributed by atoms with Gasteiger partial charge in [0.2, 0.25) is 5.91 Å². The largest absolute Gasteiger partial charge is 0.378 e. The van der Waals surface area contributed by atoms with E-state index in [0.29, 0.717) is 11.6 Å². The van der Waals surface area contributed by atoms with Gasteiger partial charge in [-0.2, -0.15) is 5.10 Å². The minimum Gasteiger partial charge on any atom is -0.378 e. The fraction of sp³-hybridized carbons (Fsp3) is 0.211. The number of amidine groups is 1. The first-order valence-corrected chi connectivity index (χ1v) is 9.39. The van der Waals surface area contributed by atoms with Crippen LogP contribution in [0.15, 0.2) is 58.7 Å². The Kier molecular flexibility index (Phi) is 6.05. The second-order valence-corrected chi connectivity index (χ2v) is 7.55. The molecule has 1 atom stereocenters. The molecular formula is C19H19N5O3S. The summed E-state index contributed by atoms with van der Waals surface area (Å²) in [5.41, 5.74) is 2.73. The Morgan fingerprint density at radius 2 is 2.00 bits per heavy atom.